The lowest BCUT2D eigenvalue weighted by atomic mass is 9.80. The number of carbonyl (C=O) groups excluding carboxylic acids is 1. The number of hydrogen-bond donors (Lipinski definition) is 1. The highest BCUT2D eigenvalue weighted by molar-refractivity contribution is 7.92. The van der Waals surface area contributed by atoms with Gasteiger partial charge in [-0.15, -0.1) is 0 Å². The fourth-order valence-corrected chi connectivity index (χ4v) is 4.09. The minimum absolute atomic E-state index is 0.0125. The number of sulfonamides is 1. The van der Waals surface area contributed by atoms with Crippen molar-refractivity contribution in [3.8, 4) is 0 Å². The fraction of sp³-hybridized carbons (Fsp3) is 0.500. The first kappa shape index (κ1) is 20.4. The summed E-state index contributed by atoms with van der Waals surface area (Å²) in [5, 5.41) is 0. The van der Waals surface area contributed by atoms with Crippen molar-refractivity contribution in [1.29, 1.82) is 0 Å². The topological polar surface area (TPSA) is 90.3 Å². The van der Waals surface area contributed by atoms with Crippen molar-refractivity contribution in [3.63, 3.8) is 0 Å². The molecule has 1 aromatic carbocycles. The average Bonchev–Trinajstić information content (AvgIpc) is 3.10. The van der Waals surface area contributed by atoms with Gasteiger partial charge in [0, 0.05) is 12.1 Å². The number of nitrogens with zero attached hydrogens (tertiary/aromatic N) is 2. The number of fused-ring (bicyclic) bond motifs is 1. The van der Waals surface area contributed by atoms with Gasteiger partial charge in [0.1, 0.15) is 11.9 Å². The smallest absolute Gasteiger partial charge is 0.419 e. The lowest BCUT2D eigenvalue weighted by Gasteiger charge is -2.26. The van der Waals surface area contributed by atoms with E-state index in [1.807, 2.05) is 32.9 Å². The van der Waals surface area contributed by atoms with Crippen LogP contribution >= 0.6 is 0 Å². The summed E-state index contributed by atoms with van der Waals surface area (Å²) in [4.78, 5) is 16.7. The van der Waals surface area contributed by atoms with Crippen LogP contribution in [0.2, 0.25) is 0 Å². The first-order chi connectivity index (χ1) is 13.1. The number of nitrogens with one attached hydrogen (secondary N) is 1. The largest absolute Gasteiger partial charge is 0.443 e. The van der Waals surface area contributed by atoms with E-state index in [0.29, 0.717) is 5.69 Å². The number of imidazole rings is 1. The van der Waals surface area contributed by atoms with E-state index < -0.39 is 21.7 Å². The Morgan fingerprint density at radius 3 is 2.79 bits per heavy atom. The highest BCUT2D eigenvalue weighted by atomic mass is 32.2. The van der Waals surface area contributed by atoms with Crippen LogP contribution in [0.25, 0.3) is 0 Å². The molecule has 0 fully saturated rings. The van der Waals surface area contributed by atoms with Crippen molar-refractivity contribution in [1.82, 2.24) is 9.55 Å². The minimum Gasteiger partial charge on any atom is -0.443 e. The minimum atomic E-state index is -3.34. The van der Waals surface area contributed by atoms with Crippen molar-refractivity contribution in [3.05, 3.63) is 47.5 Å². The summed E-state index contributed by atoms with van der Waals surface area (Å²) in [6.07, 6.45) is 5.33. The first-order valence-electron chi connectivity index (χ1n) is 9.49. The number of hydrogen-bond acceptors (Lipinski definition) is 5. The summed E-state index contributed by atoms with van der Waals surface area (Å²) in [6.45, 7) is 7.07. The molecule has 1 unspecified atom stereocenters. The van der Waals surface area contributed by atoms with Gasteiger partial charge >= 0.3 is 6.09 Å². The molecule has 0 saturated heterocycles. The van der Waals surface area contributed by atoms with Gasteiger partial charge in [0.05, 0.1) is 17.1 Å². The zero-order valence-corrected chi connectivity index (χ0v) is 17.5. The van der Waals surface area contributed by atoms with Crippen molar-refractivity contribution in [2.24, 2.45) is 0 Å². The highest BCUT2D eigenvalue weighted by Gasteiger charge is 2.27. The summed E-state index contributed by atoms with van der Waals surface area (Å²) < 4.78 is 33.5. The van der Waals surface area contributed by atoms with Crippen molar-refractivity contribution < 1.29 is 17.9 Å². The third kappa shape index (κ3) is 4.55. The predicted molar refractivity (Wildman–Crippen MR) is 108 cm³/mol. The molecule has 3 rings (SSSR count). The lowest BCUT2D eigenvalue weighted by molar-refractivity contribution is 0.0536. The van der Waals surface area contributed by atoms with Gasteiger partial charge in [-0.3, -0.25) is 4.72 Å². The standard InChI is InChI=1S/C20H27N3O4S/c1-5-28(25,26)22-17-11-7-8-14-15(17)9-6-10-16(14)18-12-23(13-21-18)19(24)27-20(2,3)4/h7-8,11-13,16,22H,5-6,9-10H2,1-4H3. The number of carbonyl (C=O) groups is 1. The molecule has 1 N–H and O–H groups in total. The Bertz CT molecular complexity index is 974. The molecule has 8 heteroatoms. The maximum atomic E-state index is 12.3. The van der Waals surface area contributed by atoms with E-state index in [4.69, 9.17) is 4.74 Å². The van der Waals surface area contributed by atoms with E-state index in [-0.39, 0.29) is 11.7 Å². The summed E-state index contributed by atoms with van der Waals surface area (Å²) in [7, 11) is -3.34. The van der Waals surface area contributed by atoms with Crippen LogP contribution in [0.4, 0.5) is 10.5 Å². The molecule has 1 aromatic heterocycles. The number of rotatable bonds is 4. The van der Waals surface area contributed by atoms with Gasteiger partial charge in [0.2, 0.25) is 10.0 Å². The van der Waals surface area contributed by atoms with Gasteiger partial charge < -0.3 is 4.74 Å². The van der Waals surface area contributed by atoms with Gasteiger partial charge in [-0.2, -0.15) is 0 Å². The van der Waals surface area contributed by atoms with E-state index in [9.17, 15) is 13.2 Å². The van der Waals surface area contributed by atoms with Crippen molar-refractivity contribution >= 4 is 21.8 Å². The molecular formula is C20H27N3O4S. The summed E-state index contributed by atoms with van der Waals surface area (Å²) in [5.74, 6) is 0.0407. The van der Waals surface area contributed by atoms with Gasteiger partial charge in [-0.1, -0.05) is 12.1 Å². The van der Waals surface area contributed by atoms with E-state index in [1.165, 1.54) is 10.9 Å². The molecule has 0 radical (unpaired) electrons. The van der Waals surface area contributed by atoms with E-state index in [1.54, 1.807) is 19.2 Å². The van der Waals surface area contributed by atoms with Gasteiger partial charge in [-0.05, 0) is 64.2 Å². The van der Waals surface area contributed by atoms with Crippen LogP contribution < -0.4 is 4.72 Å². The van der Waals surface area contributed by atoms with Crippen LogP contribution in [0.3, 0.4) is 0 Å². The van der Waals surface area contributed by atoms with Crippen LogP contribution in [0.5, 0.6) is 0 Å². The molecular weight excluding hydrogens is 378 g/mol. The third-order valence-corrected chi connectivity index (χ3v) is 6.01. The van der Waals surface area contributed by atoms with Crippen molar-refractivity contribution in [2.75, 3.05) is 10.5 Å². The number of aromatic nitrogens is 2. The predicted octanol–water partition coefficient (Wildman–Crippen LogP) is 3.90. The van der Waals surface area contributed by atoms with Crippen LogP contribution in [0.1, 0.15) is 63.3 Å². The third-order valence-electron chi connectivity index (χ3n) is 4.72. The maximum absolute atomic E-state index is 12.3. The van der Waals surface area contributed by atoms with Crippen LogP contribution in [0, 0.1) is 0 Å². The number of anilines is 1. The molecule has 1 atom stereocenters. The molecule has 0 spiro atoms. The quantitative estimate of drug-likeness (QED) is 0.833. The van der Waals surface area contributed by atoms with Crippen LogP contribution in [-0.2, 0) is 21.2 Å². The zero-order chi connectivity index (χ0) is 20.5. The van der Waals surface area contributed by atoms with Gasteiger partial charge in [0.25, 0.3) is 0 Å². The molecule has 1 heterocycles. The SMILES string of the molecule is CCS(=O)(=O)Nc1cccc2c1CCCC2c1cn(C(=O)OC(C)(C)C)cn1. The molecule has 0 aliphatic heterocycles. The molecule has 2 aromatic rings. The lowest BCUT2D eigenvalue weighted by Crippen LogP contribution is -2.26. The summed E-state index contributed by atoms with van der Waals surface area (Å²) in [5.41, 5.74) is 2.89. The fourth-order valence-electron chi connectivity index (χ4n) is 3.42. The Labute approximate surface area is 166 Å². The Hall–Kier alpha value is -2.35. The van der Waals surface area contributed by atoms with Gasteiger partial charge in [-0.25, -0.2) is 22.8 Å². The number of ether oxygens (including phenoxy) is 1. The molecule has 152 valence electrons. The summed E-state index contributed by atoms with van der Waals surface area (Å²) in [6, 6.07) is 5.67. The number of benzene rings is 1. The first-order valence-corrected chi connectivity index (χ1v) is 11.1. The van der Waals surface area contributed by atoms with Crippen molar-refractivity contribution in [2.45, 2.75) is 58.5 Å². The van der Waals surface area contributed by atoms with Crippen LogP contribution in [0.15, 0.2) is 30.7 Å². The average molecular weight is 406 g/mol. The molecule has 0 bridgehead atoms. The normalized spacial score (nSPS) is 17.1. The molecule has 7 nitrogen and oxygen atoms in total. The monoisotopic (exact) mass is 405 g/mol. The highest BCUT2D eigenvalue weighted by Crippen LogP contribution is 2.39. The van der Waals surface area contributed by atoms with E-state index in [0.717, 1.165) is 36.1 Å². The Balaban J connectivity index is 1.90. The second-order valence-corrected chi connectivity index (χ2v) is 10.0. The maximum Gasteiger partial charge on any atom is 0.419 e. The second kappa shape index (κ2) is 7.58. The summed E-state index contributed by atoms with van der Waals surface area (Å²) >= 11 is 0. The van der Waals surface area contributed by atoms with E-state index in [2.05, 4.69) is 9.71 Å². The molecule has 0 saturated carbocycles. The Morgan fingerprint density at radius 2 is 2.11 bits per heavy atom. The van der Waals surface area contributed by atoms with Crippen LogP contribution in [-0.4, -0.2) is 35.4 Å². The molecule has 1 aliphatic carbocycles. The zero-order valence-electron chi connectivity index (χ0n) is 16.7. The Kier molecular flexibility index (Phi) is 5.52. The van der Waals surface area contributed by atoms with E-state index >= 15 is 0 Å². The molecule has 28 heavy (non-hydrogen) atoms. The Morgan fingerprint density at radius 1 is 1.36 bits per heavy atom. The second-order valence-electron chi connectivity index (χ2n) is 8.01. The molecule has 0 amide bonds. The molecule has 1 aliphatic rings. The van der Waals surface area contributed by atoms with Gasteiger partial charge in [0.15, 0.2) is 0 Å².